The van der Waals surface area contributed by atoms with Crippen LogP contribution in [0.15, 0.2) is 35.9 Å². The number of fused-ring (bicyclic) bond motifs is 1. The van der Waals surface area contributed by atoms with E-state index in [1.807, 2.05) is 6.92 Å². The standard InChI is InChI=1S/C18H24N2/c1-4-10-19-13-15(5-2)11-16-7-9-18-17(12-16)8-6-14(3)20-18/h6-9,11-12,19H,4-5,10,13H2,1-3H3/b15-11+. The van der Waals surface area contributed by atoms with E-state index in [9.17, 15) is 0 Å². The second-order valence-electron chi connectivity index (χ2n) is 5.24. The molecule has 106 valence electrons. The van der Waals surface area contributed by atoms with E-state index in [0.717, 1.165) is 30.7 Å². The highest BCUT2D eigenvalue weighted by Gasteiger charge is 1.99. The summed E-state index contributed by atoms with van der Waals surface area (Å²) in [5.41, 5.74) is 4.85. The van der Waals surface area contributed by atoms with Gasteiger partial charge < -0.3 is 5.32 Å². The maximum absolute atomic E-state index is 4.54. The molecule has 0 saturated carbocycles. The minimum absolute atomic E-state index is 0.981. The first-order valence-electron chi connectivity index (χ1n) is 7.50. The molecule has 2 nitrogen and oxygen atoms in total. The zero-order valence-corrected chi connectivity index (χ0v) is 12.7. The molecule has 0 amide bonds. The lowest BCUT2D eigenvalue weighted by atomic mass is 10.1. The number of aryl methyl sites for hydroxylation is 1. The first-order valence-corrected chi connectivity index (χ1v) is 7.50. The normalized spacial score (nSPS) is 12.1. The first-order chi connectivity index (χ1) is 9.72. The molecule has 1 N–H and O–H groups in total. The fourth-order valence-corrected chi connectivity index (χ4v) is 2.28. The lowest BCUT2D eigenvalue weighted by molar-refractivity contribution is 0.706. The van der Waals surface area contributed by atoms with E-state index >= 15 is 0 Å². The monoisotopic (exact) mass is 268 g/mol. The molecule has 1 heterocycles. The van der Waals surface area contributed by atoms with Gasteiger partial charge in [-0.15, -0.1) is 0 Å². The maximum Gasteiger partial charge on any atom is 0.0705 e. The van der Waals surface area contributed by atoms with Crippen molar-refractivity contribution in [1.82, 2.24) is 10.3 Å². The van der Waals surface area contributed by atoms with Gasteiger partial charge in [-0.1, -0.05) is 37.6 Å². The van der Waals surface area contributed by atoms with Crippen LogP contribution >= 0.6 is 0 Å². The molecule has 0 radical (unpaired) electrons. The summed E-state index contributed by atoms with van der Waals surface area (Å²) in [6.45, 7) is 8.50. The van der Waals surface area contributed by atoms with Crippen molar-refractivity contribution < 1.29 is 0 Å². The Labute approximate surface area is 121 Å². The molecule has 0 aliphatic heterocycles. The summed E-state index contributed by atoms with van der Waals surface area (Å²) in [4.78, 5) is 4.54. The predicted octanol–water partition coefficient (Wildman–Crippen LogP) is 4.34. The molecule has 1 aromatic heterocycles. The highest BCUT2D eigenvalue weighted by Crippen LogP contribution is 2.17. The van der Waals surface area contributed by atoms with Crippen molar-refractivity contribution in [2.24, 2.45) is 0 Å². The molecule has 0 fully saturated rings. The second kappa shape index (κ2) is 7.20. The van der Waals surface area contributed by atoms with Gasteiger partial charge in [-0.25, -0.2) is 0 Å². The Morgan fingerprint density at radius 3 is 2.80 bits per heavy atom. The smallest absolute Gasteiger partial charge is 0.0705 e. The number of hydrogen-bond acceptors (Lipinski definition) is 2. The van der Waals surface area contributed by atoms with E-state index in [4.69, 9.17) is 0 Å². The summed E-state index contributed by atoms with van der Waals surface area (Å²) < 4.78 is 0. The van der Waals surface area contributed by atoms with Crippen molar-refractivity contribution in [2.75, 3.05) is 13.1 Å². The van der Waals surface area contributed by atoms with Gasteiger partial charge in [0.05, 0.1) is 5.52 Å². The minimum atomic E-state index is 0.981. The Kier molecular flexibility index (Phi) is 5.31. The van der Waals surface area contributed by atoms with Gasteiger partial charge in [0.25, 0.3) is 0 Å². The summed E-state index contributed by atoms with van der Waals surface area (Å²) in [6, 6.07) is 10.7. The lowest BCUT2D eigenvalue weighted by Gasteiger charge is -2.07. The van der Waals surface area contributed by atoms with Crippen molar-refractivity contribution in [2.45, 2.75) is 33.6 Å². The molecule has 0 aliphatic rings. The fraction of sp³-hybridized carbons (Fsp3) is 0.389. The summed E-state index contributed by atoms with van der Waals surface area (Å²) >= 11 is 0. The summed E-state index contributed by atoms with van der Waals surface area (Å²) in [6.07, 6.45) is 4.56. The Bertz CT molecular complexity index is 599. The van der Waals surface area contributed by atoms with E-state index in [-0.39, 0.29) is 0 Å². The van der Waals surface area contributed by atoms with Crippen molar-refractivity contribution in [3.63, 3.8) is 0 Å². The summed E-state index contributed by atoms with van der Waals surface area (Å²) in [7, 11) is 0. The van der Waals surface area contributed by atoms with Gasteiger partial charge in [-0.2, -0.15) is 0 Å². The van der Waals surface area contributed by atoms with Crippen molar-refractivity contribution in [3.8, 4) is 0 Å². The van der Waals surface area contributed by atoms with E-state index in [1.165, 1.54) is 22.9 Å². The van der Waals surface area contributed by atoms with Gasteiger partial charge in [0, 0.05) is 17.6 Å². The number of aromatic nitrogens is 1. The van der Waals surface area contributed by atoms with Gasteiger partial charge in [-0.05, 0) is 50.1 Å². The van der Waals surface area contributed by atoms with Crippen LogP contribution in [-0.2, 0) is 0 Å². The topological polar surface area (TPSA) is 24.9 Å². The van der Waals surface area contributed by atoms with Gasteiger partial charge in [0.15, 0.2) is 0 Å². The van der Waals surface area contributed by atoms with Crippen LogP contribution in [0.1, 0.15) is 37.9 Å². The van der Waals surface area contributed by atoms with Gasteiger partial charge >= 0.3 is 0 Å². The minimum Gasteiger partial charge on any atom is -0.313 e. The Hall–Kier alpha value is -1.67. The van der Waals surface area contributed by atoms with Crippen LogP contribution in [0.4, 0.5) is 0 Å². The number of rotatable bonds is 6. The third-order valence-electron chi connectivity index (χ3n) is 3.46. The molecule has 1 aromatic carbocycles. The Balaban J connectivity index is 2.20. The molecule has 20 heavy (non-hydrogen) atoms. The van der Waals surface area contributed by atoms with Crippen LogP contribution in [0, 0.1) is 6.92 Å². The zero-order valence-electron chi connectivity index (χ0n) is 12.7. The van der Waals surface area contributed by atoms with Crippen LogP contribution in [0.3, 0.4) is 0 Å². The Morgan fingerprint density at radius 2 is 2.05 bits per heavy atom. The molecular weight excluding hydrogens is 244 g/mol. The van der Waals surface area contributed by atoms with Crippen molar-refractivity contribution in [3.05, 3.63) is 47.2 Å². The number of hydrogen-bond donors (Lipinski definition) is 1. The van der Waals surface area contributed by atoms with Gasteiger partial charge in [0.2, 0.25) is 0 Å². The van der Waals surface area contributed by atoms with E-state index < -0.39 is 0 Å². The lowest BCUT2D eigenvalue weighted by Crippen LogP contribution is -2.17. The van der Waals surface area contributed by atoms with Crippen LogP contribution in [0.25, 0.3) is 17.0 Å². The van der Waals surface area contributed by atoms with Gasteiger partial charge in [0.1, 0.15) is 0 Å². The number of benzene rings is 1. The van der Waals surface area contributed by atoms with Crippen LogP contribution < -0.4 is 5.32 Å². The third-order valence-corrected chi connectivity index (χ3v) is 3.46. The Morgan fingerprint density at radius 1 is 1.20 bits per heavy atom. The van der Waals surface area contributed by atoms with E-state index in [1.54, 1.807) is 0 Å². The molecule has 0 saturated heterocycles. The number of nitrogens with zero attached hydrogens (tertiary/aromatic N) is 1. The van der Waals surface area contributed by atoms with E-state index in [2.05, 4.69) is 60.6 Å². The quantitative estimate of drug-likeness (QED) is 0.788. The first kappa shape index (κ1) is 14.7. The van der Waals surface area contributed by atoms with Crippen molar-refractivity contribution in [1.29, 1.82) is 0 Å². The van der Waals surface area contributed by atoms with E-state index in [0.29, 0.717) is 0 Å². The largest absolute Gasteiger partial charge is 0.313 e. The SMILES string of the molecule is CCCNC/C(=C/c1ccc2nc(C)ccc2c1)CC. The van der Waals surface area contributed by atoms with Crippen LogP contribution in [-0.4, -0.2) is 18.1 Å². The zero-order chi connectivity index (χ0) is 14.4. The maximum atomic E-state index is 4.54. The van der Waals surface area contributed by atoms with Gasteiger partial charge in [-0.3, -0.25) is 4.98 Å². The second-order valence-corrected chi connectivity index (χ2v) is 5.24. The highest BCUT2D eigenvalue weighted by molar-refractivity contribution is 5.81. The molecule has 0 atom stereocenters. The molecule has 2 heteroatoms. The molecular formula is C18H24N2. The number of nitrogens with one attached hydrogen (secondary N) is 1. The molecule has 2 rings (SSSR count). The van der Waals surface area contributed by atoms with Crippen LogP contribution in [0.5, 0.6) is 0 Å². The average molecular weight is 268 g/mol. The predicted molar refractivity (Wildman–Crippen MR) is 87.9 cm³/mol. The molecule has 0 spiro atoms. The average Bonchev–Trinajstić information content (AvgIpc) is 2.46. The van der Waals surface area contributed by atoms with Crippen molar-refractivity contribution >= 4 is 17.0 Å². The number of pyridine rings is 1. The van der Waals surface area contributed by atoms with Crippen LogP contribution in [0.2, 0.25) is 0 Å². The third kappa shape index (κ3) is 3.91. The summed E-state index contributed by atoms with van der Waals surface area (Å²) in [5.74, 6) is 0. The molecule has 0 bridgehead atoms. The molecule has 0 aliphatic carbocycles. The highest BCUT2D eigenvalue weighted by atomic mass is 14.8. The summed E-state index contributed by atoms with van der Waals surface area (Å²) in [5, 5.41) is 4.68. The molecule has 0 unspecified atom stereocenters. The fourth-order valence-electron chi connectivity index (χ4n) is 2.28. The molecule has 2 aromatic rings.